The van der Waals surface area contributed by atoms with Crippen LogP contribution >= 0.6 is 0 Å². The number of hydrogen-bond acceptors (Lipinski definition) is 3. The molecule has 1 aliphatic carbocycles. The van der Waals surface area contributed by atoms with Crippen LogP contribution in [0.2, 0.25) is 0 Å². The average molecular weight is 180 g/mol. The summed E-state index contributed by atoms with van der Waals surface area (Å²) in [6.07, 6.45) is 1.83. The fourth-order valence-corrected chi connectivity index (χ4v) is 1.76. The minimum atomic E-state index is -3.34. The summed E-state index contributed by atoms with van der Waals surface area (Å²) in [5.74, 6) is 0. The first-order chi connectivity index (χ1) is 5.14. The van der Waals surface area contributed by atoms with E-state index in [4.69, 9.17) is 5.11 Å². The molecule has 5 nitrogen and oxygen atoms in total. The summed E-state index contributed by atoms with van der Waals surface area (Å²) in [6, 6.07) is 0.117. The molecule has 0 aliphatic heterocycles. The van der Waals surface area contributed by atoms with Crippen LogP contribution in [0.5, 0.6) is 0 Å². The van der Waals surface area contributed by atoms with E-state index in [9.17, 15) is 8.42 Å². The molecule has 0 aromatic carbocycles. The first-order valence-corrected chi connectivity index (χ1v) is 5.00. The van der Waals surface area contributed by atoms with Crippen molar-refractivity contribution in [3.63, 3.8) is 0 Å². The Morgan fingerprint density at radius 1 is 1.45 bits per heavy atom. The number of rotatable bonds is 5. The van der Waals surface area contributed by atoms with Gasteiger partial charge in [-0.25, -0.2) is 0 Å². The summed E-state index contributed by atoms with van der Waals surface area (Å²) in [6.45, 7) is -0.104. The Morgan fingerprint density at radius 2 is 2.09 bits per heavy atom. The van der Waals surface area contributed by atoms with E-state index in [2.05, 4.69) is 9.44 Å². The maximum atomic E-state index is 10.9. The Labute approximate surface area is 66.0 Å². The molecule has 0 saturated heterocycles. The lowest BCUT2D eigenvalue weighted by Crippen LogP contribution is -2.39. The van der Waals surface area contributed by atoms with Crippen molar-refractivity contribution in [2.45, 2.75) is 18.9 Å². The molecule has 0 bridgehead atoms. The van der Waals surface area contributed by atoms with Gasteiger partial charge in [0, 0.05) is 12.6 Å². The third-order valence-electron chi connectivity index (χ3n) is 1.30. The van der Waals surface area contributed by atoms with E-state index in [0.717, 1.165) is 12.8 Å². The van der Waals surface area contributed by atoms with Gasteiger partial charge in [-0.2, -0.15) is 17.9 Å². The second-order valence-corrected chi connectivity index (χ2v) is 4.04. The normalized spacial score (nSPS) is 18.6. The molecule has 0 atom stereocenters. The van der Waals surface area contributed by atoms with Crippen LogP contribution in [0.4, 0.5) is 0 Å². The largest absolute Gasteiger partial charge is 0.395 e. The highest BCUT2D eigenvalue weighted by molar-refractivity contribution is 7.87. The molecule has 66 valence electrons. The maximum Gasteiger partial charge on any atom is 0.277 e. The molecule has 11 heavy (non-hydrogen) atoms. The predicted molar refractivity (Wildman–Crippen MR) is 40.2 cm³/mol. The Kier molecular flexibility index (Phi) is 2.83. The summed E-state index contributed by atoms with van der Waals surface area (Å²) in [5.41, 5.74) is 0. The van der Waals surface area contributed by atoms with Gasteiger partial charge >= 0.3 is 0 Å². The zero-order valence-corrected chi connectivity index (χ0v) is 6.89. The molecule has 3 N–H and O–H groups in total. The lowest BCUT2D eigenvalue weighted by atomic mass is 10.8. The van der Waals surface area contributed by atoms with E-state index in [-0.39, 0.29) is 19.2 Å². The van der Waals surface area contributed by atoms with Gasteiger partial charge in [-0.1, -0.05) is 0 Å². The number of aliphatic hydroxyl groups is 1. The summed E-state index contributed by atoms with van der Waals surface area (Å²) in [4.78, 5) is 0. The Hall–Kier alpha value is -0.170. The van der Waals surface area contributed by atoms with E-state index < -0.39 is 10.2 Å². The highest BCUT2D eigenvalue weighted by Crippen LogP contribution is 2.19. The topological polar surface area (TPSA) is 78.4 Å². The molecule has 0 spiro atoms. The highest BCUT2D eigenvalue weighted by Gasteiger charge is 2.26. The molecule has 1 saturated carbocycles. The zero-order chi connectivity index (χ0) is 8.32. The maximum absolute atomic E-state index is 10.9. The van der Waals surface area contributed by atoms with E-state index in [0.29, 0.717) is 0 Å². The van der Waals surface area contributed by atoms with Gasteiger partial charge < -0.3 is 5.11 Å². The van der Waals surface area contributed by atoms with Crippen molar-refractivity contribution in [1.29, 1.82) is 0 Å². The van der Waals surface area contributed by atoms with Crippen LogP contribution < -0.4 is 9.44 Å². The molecule has 0 aromatic rings. The molecular weight excluding hydrogens is 168 g/mol. The fourth-order valence-electron chi connectivity index (χ4n) is 0.642. The second-order valence-electron chi connectivity index (χ2n) is 2.51. The van der Waals surface area contributed by atoms with E-state index in [1.54, 1.807) is 0 Å². The minimum Gasteiger partial charge on any atom is -0.395 e. The van der Waals surface area contributed by atoms with Crippen LogP contribution in [-0.2, 0) is 10.2 Å². The van der Waals surface area contributed by atoms with E-state index in [1.807, 2.05) is 0 Å². The molecule has 0 unspecified atom stereocenters. The number of hydrogen-bond donors (Lipinski definition) is 3. The predicted octanol–water partition coefficient (Wildman–Crippen LogP) is -1.43. The number of aliphatic hydroxyl groups excluding tert-OH is 1. The first kappa shape index (κ1) is 8.92. The second kappa shape index (κ2) is 3.48. The zero-order valence-electron chi connectivity index (χ0n) is 6.08. The molecule has 0 aromatic heterocycles. The van der Waals surface area contributed by atoms with Gasteiger partial charge in [0.2, 0.25) is 0 Å². The molecule has 0 radical (unpaired) electrons. The van der Waals surface area contributed by atoms with E-state index >= 15 is 0 Å². The summed E-state index contributed by atoms with van der Waals surface area (Å²) in [5, 5.41) is 8.32. The lowest BCUT2D eigenvalue weighted by Gasteiger charge is -2.04. The Morgan fingerprint density at radius 3 is 2.55 bits per heavy atom. The van der Waals surface area contributed by atoms with Crippen molar-refractivity contribution in [2.75, 3.05) is 13.2 Å². The molecule has 0 amide bonds. The van der Waals surface area contributed by atoms with Crippen molar-refractivity contribution < 1.29 is 13.5 Å². The van der Waals surface area contributed by atoms with Crippen LogP contribution in [-0.4, -0.2) is 32.7 Å². The van der Waals surface area contributed by atoms with Gasteiger partial charge in [-0.05, 0) is 12.8 Å². The van der Waals surface area contributed by atoms with Crippen LogP contribution in [0.1, 0.15) is 12.8 Å². The molecular formula is C5H12N2O3S. The standard InChI is InChI=1S/C5H12N2O3S/c8-4-3-6-11(9,10)7-5-1-2-5/h5-8H,1-4H2. The van der Waals surface area contributed by atoms with Crippen molar-refractivity contribution in [3.05, 3.63) is 0 Å². The third kappa shape index (κ3) is 3.66. The van der Waals surface area contributed by atoms with Crippen molar-refractivity contribution >= 4 is 10.2 Å². The van der Waals surface area contributed by atoms with Gasteiger partial charge in [0.25, 0.3) is 10.2 Å². The van der Waals surface area contributed by atoms with Gasteiger partial charge in [0.05, 0.1) is 6.61 Å². The van der Waals surface area contributed by atoms with Crippen LogP contribution in [0.15, 0.2) is 0 Å². The quantitative estimate of drug-likeness (QED) is 0.485. The van der Waals surface area contributed by atoms with E-state index in [1.165, 1.54) is 0 Å². The molecule has 0 heterocycles. The number of nitrogens with one attached hydrogen (secondary N) is 2. The SMILES string of the molecule is O=S(=O)(NCCO)NC1CC1. The van der Waals surface area contributed by atoms with Crippen LogP contribution in [0.25, 0.3) is 0 Å². The van der Waals surface area contributed by atoms with Gasteiger partial charge in [0.15, 0.2) is 0 Å². The Balaban J connectivity index is 2.26. The lowest BCUT2D eigenvalue weighted by molar-refractivity contribution is 0.300. The fraction of sp³-hybridized carbons (Fsp3) is 1.00. The van der Waals surface area contributed by atoms with Gasteiger partial charge in [-0.15, -0.1) is 0 Å². The molecule has 6 heteroatoms. The smallest absolute Gasteiger partial charge is 0.277 e. The van der Waals surface area contributed by atoms with Crippen molar-refractivity contribution in [1.82, 2.24) is 9.44 Å². The van der Waals surface area contributed by atoms with Gasteiger partial charge in [-0.3, -0.25) is 0 Å². The van der Waals surface area contributed by atoms with Crippen molar-refractivity contribution in [2.24, 2.45) is 0 Å². The molecule has 1 fully saturated rings. The van der Waals surface area contributed by atoms with Crippen molar-refractivity contribution in [3.8, 4) is 0 Å². The third-order valence-corrected chi connectivity index (χ3v) is 2.53. The Bertz CT molecular complexity index is 210. The summed E-state index contributed by atoms with van der Waals surface area (Å²) >= 11 is 0. The molecule has 1 aliphatic rings. The first-order valence-electron chi connectivity index (χ1n) is 3.52. The minimum absolute atomic E-state index is 0.0715. The highest BCUT2D eigenvalue weighted by atomic mass is 32.2. The monoisotopic (exact) mass is 180 g/mol. The average Bonchev–Trinajstić information content (AvgIpc) is 2.67. The van der Waals surface area contributed by atoms with Crippen LogP contribution in [0, 0.1) is 0 Å². The summed E-state index contributed by atoms with van der Waals surface area (Å²) < 4.78 is 26.4. The van der Waals surface area contributed by atoms with Gasteiger partial charge in [0.1, 0.15) is 0 Å². The molecule has 1 rings (SSSR count). The summed E-state index contributed by atoms with van der Waals surface area (Å²) in [7, 11) is -3.34. The van der Waals surface area contributed by atoms with Crippen LogP contribution in [0.3, 0.4) is 0 Å².